The van der Waals surface area contributed by atoms with Crippen molar-refractivity contribution in [3.8, 4) is 0 Å². The predicted octanol–water partition coefficient (Wildman–Crippen LogP) is 2.71. The first-order valence-corrected chi connectivity index (χ1v) is 4.56. The van der Waals surface area contributed by atoms with Crippen LogP contribution in [-0.2, 0) is 9.47 Å². The molecule has 0 aromatic carbocycles. The summed E-state index contributed by atoms with van der Waals surface area (Å²) in [5.41, 5.74) is -0.161. The molecule has 0 bridgehead atoms. The van der Waals surface area contributed by atoms with Gasteiger partial charge in [-0.05, 0) is 20.3 Å². The normalized spacial score (nSPS) is 16.4. The number of hydrogen-bond acceptors (Lipinski definition) is 2. The van der Waals surface area contributed by atoms with Crippen molar-refractivity contribution in [3.63, 3.8) is 0 Å². The van der Waals surface area contributed by atoms with Crippen molar-refractivity contribution >= 4 is 12.6 Å². The van der Waals surface area contributed by atoms with Gasteiger partial charge in [-0.25, -0.2) is 0 Å². The van der Waals surface area contributed by atoms with Crippen LogP contribution in [0.3, 0.4) is 0 Å². The molecule has 0 spiro atoms. The molecule has 3 heteroatoms. The van der Waals surface area contributed by atoms with E-state index in [1.807, 2.05) is 13.8 Å². The maximum absolute atomic E-state index is 5.30. The first-order valence-electron chi connectivity index (χ1n) is 4.09. The van der Waals surface area contributed by atoms with Gasteiger partial charge in [0.25, 0.3) is 0 Å². The standard InChI is InChI=1S/C8H17O2S/c1-4-5-6-9-7(2)10-8(3)11/h7-8H,4-6H2,1-3H3. The van der Waals surface area contributed by atoms with Crippen LogP contribution in [0.5, 0.6) is 0 Å². The Hall–Kier alpha value is 0.270. The van der Waals surface area contributed by atoms with Crippen LogP contribution in [0.25, 0.3) is 0 Å². The lowest BCUT2D eigenvalue weighted by molar-refractivity contribution is -0.135. The van der Waals surface area contributed by atoms with Gasteiger partial charge in [-0.3, -0.25) is 0 Å². The molecule has 2 atom stereocenters. The fourth-order valence-corrected chi connectivity index (χ4v) is 0.859. The summed E-state index contributed by atoms with van der Waals surface area (Å²) < 4.78 is 10.5. The lowest BCUT2D eigenvalue weighted by atomic mass is 10.4. The summed E-state index contributed by atoms with van der Waals surface area (Å²) in [4.78, 5) is 0. The molecule has 0 aliphatic rings. The van der Waals surface area contributed by atoms with Crippen molar-refractivity contribution in [3.05, 3.63) is 0 Å². The fourth-order valence-electron chi connectivity index (χ4n) is 0.703. The van der Waals surface area contributed by atoms with Crippen LogP contribution >= 0.6 is 12.6 Å². The van der Waals surface area contributed by atoms with Gasteiger partial charge in [-0.15, -0.1) is 0 Å². The lowest BCUT2D eigenvalue weighted by Crippen LogP contribution is -2.16. The topological polar surface area (TPSA) is 18.5 Å². The van der Waals surface area contributed by atoms with E-state index in [0.717, 1.165) is 19.4 Å². The minimum absolute atomic E-state index is 0.158. The van der Waals surface area contributed by atoms with Gasteiger partial charge in [-0.1, -0.05) is 26.0 Å². The molecule has 67 valence electrons. The average molecular weight is 177 g/mol. The van der Waals surface area contributed by atoms with Gasteiger partial charge >= 0.3 is 0 Å². The number of unbranched alkanes of at least 4 members (excludes halogenated alkanes) is 1. The van der Waals surface area contributed by atoms with Crippen molar-refractivity contribution in [2.75, 3.05) is 6.61 Å². The van der Waals surface area contributed by atoms with Gasteiger partial charge < -0.3 is 9.47 Å². The molecule has 0 heterocycles. The summed E-state index contributed by atoms with van der Waals surface area (Å²) in [5, 5.41) is 0. The molecule has 0 saturated heterocycles. The molecule has 0 saturated carbocycles. The molecule has 11 heavy (non-hydrogen) atoms. The molecular weight excluding hydrogens is 160 g/mol. The molecule has 0 rings (SSSR count). The van der Waals surface area contributed by atoms with Crippen molar-refractivity contribution in [1.82, 2.24) is 0 Å². The molecule has 0 amide bonds. The molecule has 0 fully saturated rings. The van der Waals surface area contributed by atoms with Gasteiger partial charge in [0.1, 0.15) is 5.44 Å². The SMILES string of the molecule is CCCCOC(C)OC(C)[S]. The summed E-state index contributed by atoms with van der Waals surface area (Å²) >= 11 is 4.83. The van der Waals surface area contributed by atoms with Crippen LogP contribution < -0.4 is 0 Å². The molecular formula is C8H17O2S. The quantitative estimate of drug-likeness (QED) is 0.459. The lowest BCUT2D eigenvalue weighted by Gasteiger charge is -2.15. The molecule has 2 unspecified atom stereocenters. The molecule has 0 N–H and O–H groups in total. The van der Waals surface area contributed by atoms with Crippen LogP contribution in [0.15, 0.2) is 0 Å². The Morgan fingerprint density at radius 3 is 2.45 bits per heavy atom. The van der Waals surface area contributed by atoms with E-state index >= 15 is 0 Å². The first-order chi connectivity index (χ1) is 5.16. The van der Waals surface area contributed by atoms with E-state index in [2.05, 4.69) is 6.92 Å². The van der Waals surface area contributed by atoms with Crippen LogP contribution in [-0.4, -0.2) is 18.3 Å². The van der Waals surface area contributed by atoms with Crippen LogP contribution in [0, 0.1) is 0 Å². The van der Waals surface area contributed by atoms with Gasteiger partial charge in [-0.2, -0.15) is 0 Å². The molecule has 1 radical (unpaired) electrons. The van der Waals surface area contributed by atoms with E-state index in [1.165, 1.54) is 0 Å². The van der Waals surface area contributed by atoms with E-state index in [1.54, 1.807) is 0 Å². The Kier molecular flexibility index (Phi) is 7.12. The number of ether oxygens (including phenoxy) is 2. The fraction of sp³-hybridized carbons (Fsp3) is 1.00. The van der Waals surface area contributed by atoms with Gasteiger partial charge in [0.15, 0.2) is 6.29 Å². The van der Waals surface area contributed by atoms with Crippen molar-refractivity contribution in [2.24, 2.45) is 0 Å². The predicted molar refractivity (Wildman–Crippen MR) is 48.5 cm³/mol. The molecule has 0 aromatic rings. The summed E-state index contributed by atoms with van der Waals surface area (Å²) in [6.07, 6.45) is 2.07. The highest BCUT2D eigenvalue weighted by Gasteiger charge is 2.03. The van der Waals surface area contributed by atoms with E-state index in [-0.39, 0.29) is 11.7 Å². The van der Waals surface area contributed by atoms with Gasteiger partial charge in [0.05, 0.1) is 0 Å². The van der Waals surface area contributed by atoms with Crippen molar-refractivity contribution < 1.29 is 9.47 Å². The first kappa shape index (κ1) is 11.3. The Labute approximate surface area is 74.7 Å². The maximum Gasteiger partial charge on any atom is 0.156 e. The molecule has 0 aliphatic carbocycles. The smallest absolute Gasteiger partial charge is 0.156 e. The summed E-state index contributed by atoms with van der Waals surface area (Å²) in [7, 11) is 0. The van der Waals surface area contributed by atoms with Crippen LogP contribution in [0.4, 0.5) is 0 Å². The highest BCUT2D eigenvalue weighted by molar-refractivity contribution is 7.80. The zero-order valence-electron chi connectivity index (χ0n) is 7.50. The summed E-state index contributed by atoms with van der Waals surface area (Å²) in [5.74, 6) is 0. The Morgan fingerprint density at radius 1 is 1.36 bits per heavy atom. The monoisotopic (exact) mass is 177 g/mol. The minimum Gasteiger partial charge on any atom is -0.353 e. The Morgan fingerprint density at radius 2 is 2.00 bits per heavy atom. The number of hydrogen-bond donors (Lipinski definition) is 0. The van der Waals surface area contributed by atoms with Crippen LogP contribution in [0.2, 0.25) is 0 Å². The third-order valence-electron chi connectivity index (χ3n) is 1.23. The third-order valence-corrected chi connectivity index (χ3v) is 1.34. The highest BCUT2D eigenvalue weighted by Crippen LogP contribution is 2.03. The summed E-state index contributed by atoms with van der Waals surface area (Å²) in [6.45, 7) is 6.60. The second-order valence-corrected chi connectivity index (χ2v) is 3.16. The number of rotatable bonds is 6. The largest absolute Gasteiger partial charge is 0.353 e. The van der Waals surface area contributed by atoms with Crippen molar-refractivity contribution in [2.45, 2.75) is 45.3 Å². The van der Waals surface area contributed by atoms with Gasteiger partial charge in [0.2, 0.25) is 0 Å². The third kappa shape index (κ3) is 8.17. The van der Waals surface area contributed by atoms with Crippen molar-refractivity contribution in [1.29, 1.82) is 0 Å². The average Bonchev–Trinajstić information content (AvgIpc) is 1.86. The molecule has 0 aromatic heterocycles. The van der Waals surface area contributed by atoms with E-state index < -0.39 is 0 Å². The minimum atomic E-state index is -0.161. The van der Waals surface area contributed by atoms with Gasteiger partial charge in [0, 0.05) is 6.61 Å². The van der Waals surface area contributed by atoms with E-state index in [9.17, 15) is 0 Å². The van der Waals surface area contributed by atoms with E-state index in [4.69, 9.17) is 22.1 Å². The van der Waals surface area contributed by atoms with Crippen LogP contribution in [0.1, 0.15) is 33.6 Å². The zero-order valence-corrected chi connectivity index (χ0v) is 8.32. The Balaban J connectivity index is 3.15. The Bertz CT molecular complexity index is 86.2. The second-order valence-electron chi connectivity index (χ2n) is 2.50. The summed E-state index contributed by atoms with van der Waals surface area (Å²) in [6, 6.07) is 0. The second kappa shape index (κ2) is 6.95. The highest BCUT2D eigenvalue weighted by atomic mass is 32.1. The molecule has 2 nitrogen and oxygen atoms in total. The zero-order chi connectivity index (χ0) is 8.69. The van der Waals surface area contributed by atoms with E-state index in [0.29, 0.717) is 0 Å². The maximum atomic E-state index is 5.30. The molecule has 0 aliphatic heterocycles.